The smallest absolute Gasteiger partial charge is 0.0801 e. The van der Waals surface area contributed by atoms with E-state index in [2.05, 4.69) is 91.0 Å². The van der Waals surface area contributed by atoms with Crippen LogP contribution in [-0.2, 0) is 0 Å². The number of aromatic nitrogens is 1. The minimum absolute atomic E-state index is 1.05. The third-order valence-corrected chi connectivity index (χ3v) is 5.38. The molecule has 1 nitrogen and oxygen atoms in total. The molecule has 1 aromatic heterocycles. The van der Waals surface area contributed by atoms with Gasteiger partial charge in [0.25, 0.3) is 0 Å². The second-order valence-electron chi connectivity index (χ2n) is 6.84. The average molecular weight is 329 g/mol. The van der Waals surface area contributed by atoms with Crippen molar-refractivity contribution in [2.24, 2.45) is 0 Å². The summed E-state index contributed by atoms with van der Waals surface area (Å²) in [5, 5.41) is 3.79. The summed E-state index contributed by atoms with van der Waals surface area (Å²) in [7, 11) is 0. The summed E-state index contributed by atoms with van der Waals surface area (Å²) in [6, 6.07) is 32.3. The summed E-state index contributed by atoms with van der Waals surface area (Å²) in [6.45, 7) is 0. The molecule has 1 heteroatoms. The summed E-state index contributed by atoms with van der Waals surface area (Å²) < 4.78 is 0. The van der Waals surface area contributed by atoms with Crippen LogP contribution in [0.5, 0.6) is 0 Å². The van der Waals surface area contributed by atoms with Crippen molar-refractivity contribution in [3.05, 3.63) is 91.0 Å². The number of pyridine rings is 1. The van der Waals surface area contributed by atoms with E-state index in [4.69, 9.17) is 4.98 Å². The summed E-state index contributed by atoms with van der Waals surface area (Å²) in [5.74, 6) is 0. The Kier molecular flexibility index (Phi) is 2.67. The van der Waals surface area contributed by atoms with Gasteiger partial charge in [-0.2, -0.15) is 0 Å². The van der Waals surface area contributed by atoms with Crippen LogP contribution in [0.3, 0.4) is 0 Å². The van der Waals surface area contributed by atoms with Crippen molar-refractivity contribution in [2.75, 3.05) is 0 Å². The van der Waals surface area contributed by atoms with Gasteiger partial charge in [-0.3, -0.25) is 0 Å². The normalized spacial score (nSPS) is 11.8. The Morgan fingerprint density at radius 1 is 0.538 bits per heavy atom. The second-order valence-corrected chi connectivity index (χ2v) is 6.84. The van der Waals surface area contributed by atoms with Crippen LogP contribution >= 0.6 is 0 Å². The van der Waals surface area contributed by atoms with E-state index >= 15 is 0 Å². The van der Waals surface area contributed by atoms with Gasteiger partial charge in [-0.05, 0) is 39.6 Å². The van der Waals surface area contributed by atoms with E-state index in [9.17, 15) is 0 Å². The number of hydrogen-bond donors (Lipinski definition) is 0. The van der Waals surface area contributed by atoms with Gasteiger partial charge in [0, 0.05) is 16.5 Å². The Hall–Kier alpha value is -3.45. The molecule has 0 aliphatic heterocycles. The van der Waals surface area contributed by atoms with Gasteiger partial charge < -0.3 is 0 Å². The minimum atomic E-state index is 1.05. The molecular weight excluding hydrogens is 314 g/mol. The van der Waals surface area contributed by atoms with E-state index in [1.54, 1.807) is 0 Å². The molecule has 0 amide bonds. The van der Waals surface area contributed by atoms with Gasteiger partial charge in [0.2, 0.25) is 0 Å². The van der Waals surface area contributed by atoms with Crippen molar-refractivity contribution in [1.29, 1.82) is 0 Å². The molecule has 0 bridgehead atoms. The quantitative estimate of drug-likeness (QED) is 0.327. The molecule has 0 saturated heterocycles. The van der Waals surface area contributed by atoms with Crippen LogP contribution in [0.2, 0.25) is 0 Å². The highest BCUT2D eigenvalue weighted by Gasteiger charge is 2.26. The van der Waals surface area contributed by atoms with Crippen molar-refractivity contribution in [3.63, 3.8) is 0 Å². The SMILES string of the molecule is c1ccc(-c2ccc3cccc4c3c2-c2nc3ccccc3cc2-4)cc1. The standard InChI is InChI=1S/C25H15N/c1-2-7-16(8-3-1)19-14-13-17-10-6-11-20-21-15-18-9-4-5-12-22(18)26-25(21)24(19)23(17)20/h1-15H. The molecule has 5 aromatic rings. The molecule has 6 rings (SSSR count). The first-order valence-corrected chi connectivity index (χ1v) is 8.92. The molecule has 0 spiro atoms. The lowest BCUT2D eigenvalue weighted by Crippen LogP contribution is -1.88. The summed E-state index contributed by atoms with van der Waals surface area (Å²) >= 11 is 0. The van der Waals surface area contributed by atoms with Crippen LogP contribution in [-0.4, -0.2) is 4.98 Å². The van der Waals surface area contributed by atoms with Gasteiger partial charge in [0.05, 0.1) is 11.2 Å². The van der Waals surface area contributed by atoms with Crippen molar-refractivity contribution in [1.82, 2.24) is 4.98 Å². The Bertz CT molecular complexity index is 1320. The van der Waals surface area contributed by atoms with E-state index in [0.29, 0.717) is 0 Å². The Labute approximate surface area is 151 Å². The fourth-order valence-corrected chi connectivity index (χ4v) is 4.22. The first kappa shape index (κ1) is 13.8. The van der Waals surface area contributed by atoms with Crippen molar-refractivity contribution >= 4 is 21.7 Å². The van der Waals surface area contributed by atoms with Gasteiger partial charge in [-0.25, -0.2) is 4.98 Å². The van der Waals surface area contributed by atoms with Crippen LogP contribution in [0.1, 0.15) is 0 Å². The van der Waals surface area contributed by atoms with Gasteiger partial charge >= 0.3 is 0 Å². The predicted molar refractivity (Wildman–Crippen MR) is 109 cm³/mol. The summed E-state index contributed by atoms with van der Waals surface area (Å²) in [4.78, 5) is 5.08. The molecule has 0 radical (unpaired) electrons. The first-order chi connectivity index (χ1) is 12.9. The van der Waals surface area contributed by atoms with Gasteiger partial charge in [-0.1, -0.05) is 78.9 Å². The Morgan fingerprint density at radius 2 is 1.35 bits per heavy atom. The van der Waals surface area contributed by atoms with Crippen molar-refractivity contribution in [2.45, 2.75) is 0 Å². The zero-order valence-corrected chi connectivity index (χ0v) is 14.1. The third-order valence-electron chi connectivity index (χ3n) is 5.38. The van der Waals surface area contributed by atoms with E-state index in [0.717, 1.165) is 11.2 Å². The van der Waals surface area contributed by atoms with E-state index < -0.39 is 0 Å². The summed E-state index contributed by atoms with van der Waals surface area (Å²) in [5.41, 5.74) is 8.46. The topological polar surface area (TPSA) is 12.9 Å². The van der Waals surface area contributed by atoms with Crippen molar-refractivity contribution < 1.29 is 0 Å². The van der Waals surface area contributed by atoms with Gasteiger partial charge in [0.1, 0.15) is 0 Å². The number of hydrogen-bond acceptors (Lipinski definition) is 1. The molecule has 0 saturated carbocycles. The summed E-state index contributed by atoms with van der Waals surface area (Å²) in [6.07, 6.45) is 0. The van der Waals surface area contributed by atoms with Crippen LogP contribution in [0.4, 0.5) is 0 Å². The second kappa shape index (κ2) is 5.03. The maximum atomic E-state index is 5.08. The van der Waals surface area contributed by atoms with Crippen LogP contribution in [0.15, 0.2) is 91.0 Å². The number of nitrogens with zero attached hydrogens (tertiary/aromatic N) is 1. The van der Waals surface area contributed by atoms with E-state index in [1.807, 2.05) is 0 Å². The molecule has 0 N–H and O–H groups in total. The molecule has 1 aliphatic carbocycles. The minimum Gasteiger partial charge on any atom is -0.247 e. The lowest BCUT2D eigenvalue weighted by atomic mass is 9.94. The van der Waals surface area contributed by atoms with Gasteiger partial charge in [-0.15, -0.1) is 0 Å². The molecule has 26 heavy (non-hydrogen) atoms. The molecule has 1 aliphatic rings. The van der Waals surface area contributed by atoms with Crippen LogP contribution in [0, 0.1) is 0 Å². The number of benzene rings is 4. The average Bonchev–Trinajstić information content (AvgIpc) is 3.03. The van der Waals surface area contributed by atoms with E-state index in [-0.39, 0.29) is 0 Å². The monoisotopic (exact) mass is 329 g/mol. The van der Waals surface area contributed by atoms with Gasteiger partial charge in [0.15, 0.2) is 0 Å². The molecule has 1 heterocycles. The molecule has 0 unspecified atom stereocenters. The highest BCUT2D eigenvalue weighted by molar-refractivity contribution is 6.19. The third kappa shape index (κ3) is 1.77. The predicted octanol–water partition coefficient (Wildman–Crippen LogP) is 6.70. The van der Waals surface area contributed by atoms with E-state index in [1.165, 1.54) is 44.0 Å². The highest BCUT2D eigenvalue weighted by Crippen LogP contribution is 2.50. The first-order valence-electron chi connectivity index (χ1n) is 8.92. The fraction of sp³-hybridized carbons (Fsp3) is 0. The maximum absolute atomic E-state index is 5.08. The zero-order valence-electron chi connectivity index (χ0n) is 14.1. The zero-order chi connectivity index (χ0) is 17.1. The number of fused-ring (bicyclic) bond motifs is 4. The molecule has 4 aromatic carbocycles. The van der Waals surface area contributed by atoms with Crippen LogP contribution in [0.25, 0.3) is 55.2 Å². The fourth-order valence-electron chi connectivity index (χ4n) is 4.22. The molecular formula is C25H15N. The Balaban J connectivity index is 1.80. The number of para-hydroxylation sites is 1. The largest absolute Gasteiger partial charge is 0.247 e. The lowest BCUT2D eigenvalue weighted by molar-refractivity contribution is 1.42. The molecule has 120 valence electrons. The molecule has 0 atom stereocenters. The highest BCUT2D eigenvalue weighted by atomic mass is 14.7. The molecule has 0 fully saturated rings. The lowest BCUT2D eigenvalue weighted by Gasteiger charge is -2.10. The maximum Gasteiger partial charge on any atom is 0.0801 e. The number of rotatable bonds is 1. The Morgan fingerprint density at radius 3 is 2.27 bits per heavy atom. The van der Waals surface area contributed by atoms with Crippen molar-refractivity contribution in [3.8, 4) is 33.5 Å². The van der Waals surface area contributed by atoms with Crippen LogP contribution < -0.4 is 0 Å².